The Morgan fingerprint density at radius 3 is 3.08 bits per heavy atom. The zero-order valence-corrected chi connectivity index (χ0v) is 6.97. The molecule has 0 bridgehead atoms. The van der Waals surface area contributed by atoms with Crippen molar-refractivity contribution >= 4 is 0 Å². The van der Waals surface area contributed by atoms with Crippen molar-refractivity contribution in [2.75, 3.05) is 7.11 Å². The molecule has 5 nitrogen and oxygen atoms in total. The molecule has 0 saturated heterocycles. The summed E-state index contributed by atoms with van der Waals surface area (Å²) in [4.78, 5) is 4.07. The number of methoxy groups -OCH3 is 1. The summed E-state index contributed by atoms with van der Waals surface area (Å²) in [6.45, 7) is 0. The lowest BCUT2D eigenvalue weighted by Crippen LogP contribution is -1.90. The van der Waals surface area contributed by atoms with Crippen molar-refractivity contribution in [3.8, 4) is 17.3 Å². The summed E-state index contributed by atoms with van der Waals surface area (Å²) < 4.78 is 10.1. The topological polar surface area (TPSA) is 61.0 Å². The van der Waals surface area contributed by atoms with Crippen LogP contribution in [-0.2, 0) is 0 Å². The molecule has 2 aromatic heterocycles. The second-order valence-electron chi connectivity index (χ2n) is 2.30. The van der Waals surface area contributed by atoms with Gasteiger partial charge in [-0.25, -0.2) is 4.98 Å². The van der Waals surface area contributed by atoms with Gasteiger partial charge in [-0.3, -0.25) is 0 Å². The standard InChI is InChI=1S/C8H7N3O2/c1-12-6-3-2-4-9-7(6)8-11-10-5-13-8/h2-5H,1H3. The maximum atomic E-state index is 5.08. The van der Waals surface area contributed by atoms with Crippen molar-refractivity contribution in [2.45, 2.75) is 0 Å². The molecule has 0 aliphatic rings. The number of hydrogen-bond donors (Lipinski definition) is 0. The van der Waals surface area contributed by atoms with E-state index in [9.17, 15) is 0 Å². The summed E-state index contributed by atoms with van der Waals surface area (Å²) in [6.07, 6.45) is 2.89. The molecule has 0 amide bonds. The van der Waals surface area contributed by atoms with Gasteiger partial charge in [0, 0.05) is 6.20 Å². The average molecular weight is 177 g/mol. The Balaban J connectivity index is 2.51. The fraction of sp³-hybridized carbons (Fsp3) is 0.125. The van der Waals surface area contributed by atoms with Gasteiger partial charge in [-0.05, 0) is 12.1 Å². The third-order valence-corrected chi connectivity index (χ3v) is 1.55. The van der Waals surface area contributed by atoms with Crippen molar-refractivity contribution in [2.24, 2.45) is 0 Å². The van der Waals surface area contributed by atoms with E-state index in [1.54, 1.807) is 25.4 Å². The maximum absolute atomic E-state index is 5.08. The molecule has 0 saturated carbocycles. The molecule has 0 radical (unpaired) electrons. The Bertz CT molecular complexity index is 386. The SMILES string of the molecule is COc1cccnc1-c1nnco1. The molecule has 0 N–H and O–H groups in total. The van der Waals surface area contributed by atoms with Crippen LogP contribution in [0.25, 0.3) is 11.6 Å². The zero-order valence-electron chi connectivity index (χ0n) is 6.97. The molecule has 0 spiro atoms. The summed E-state index contributed by atoms with van der Waals surface area (Å²) >= 11 is 0. The van der Waals surface area contributed by atoms with Crippen LogP contribution in [0.4, 0.5) is 0 Å². The average Bonchev–Trinajstić information content (AvgIpc) is 2.70. The Labute approximate surface area is 74.4 Å². The predicted molar refractivity (Wildman–Crippen MR) is 44.1 cm³/mol. The van der Waals surface area contributed by atoms with Gasteiger partial charge in [-0.2, -0.15) is 0 Å². The van der Waals surface area contributed by atoms with Crippen molar-refractivity contribution in [1.82, 2.24) is 15.2 Å². The Kier molecular flexibility index (Phi) is 1.91. The Morgan fingerprint density at radius 2 is 2.38 bits per heavy atom. The minimum Gasteiger partial charge on any atom is -0.494 e. The van der Waals surface area contributed by atoms with Gasteiger partial charge in [0.25, 0.3) is 5.89 Å². The van der Waals surface area contributed by atoms with E-state index >= 15 is 0 Å². The molecule has 0 aliphatic carbocycles. The van der Waals surface area contributed by atoms with Crippen LogP contribution in [0.5, 0.6) is 5.75 Å². The number of ether oxygens (including phenoxy) is 1. The molecule has 2 aromatic rings. The summed E-state index contributed by atoms with van der Waals surface area (Å²) in [7, 11) is 1.57. The molecular formula is C8H7N3O2. The molecule has 5 heteroatoms. The fourth-order valence-electron chi connectivity index (χ4n) is 0.992. The van der Waals surface area contributed by atoms with Gasteiger partial charge < -0.3 is 9.15 Å². The minimum absolute atomic E-state index is 0.359. The van der Waals surface area contributed by atoms with Crippen LogP contribution in [0.1, 0.15) is 0 Å². The highest BCUT2D eigenvalue weighted by molar-refractivity contribution is 5.56. The lowest BCUT2D eigenvalue weighted by molar-refractivity contribution is 0.412. The fourth-order valence-corrected chi connectivity index (χ4v) is 0.992. The number of nitrogens with zero attached hydrogens (tertiary/aromatic N) is 3. The highest BCUT2D eigenvalue weighted by Crippen LogP contribution is 2.24. The van der Waals surface area contributed by atoms with E-state index in [4.69, 9.17) is 9.15 Å². The van der Waals surface area contributed by atoms with Gasteiger partial charge in [-0.15, -0.1) is 10.2 Å². The smallest absolute Gasteiger partial charge is 0.269 e. The van der Waals surface area contributed by atoms with Crippen molar-refractivity contribution in [1.29, 1.82) is 0 Å². The van der Waals surface area contributed by atoms with Crippen LogP contribution in [0.3, 0.4) is 0 Å². The molecule has 2 rings (SSSR count). The van der Waals surface area contributed by atoms with Crippen molar-refractivity contribution in [3.63, 3.8) is 0 Å². The minimum atomic E-state index is 0.359. The van der Waals surface area contributed by atoms with Gasteiger partial charge in [0.2, 0.25) is 6.39 Å². The second-order valence-corrected chi connectivity index (χ2v) is 2.30. The molecular weight excluding hydrogens is 170 g/mol. The molecule has 0 aromatic carbocycles. The van der Waals surface area contributed by atoms with E-state index in [2.05, 4.69) is 15.2 Å². The first kappa shape index (κ1) is 7.72. The van der Waals surface area contributed by atoms with E-state index in [0.29, 0.717) is 17.3 Å². The van der Waals surface area contributed by atoms with Crippen LogP contribution in [0.2, 0.25) is 0 Å². The molecule has 13 heavy (non-hydrogen) atoms. The van der Waals surface area contributed by atoms with Gasteiger partial charge in [0.15, 0.2) is 5.69 Å². The van der Waals surface area contributed by atoms with Gasteiger partial charge in [-0.1, -0.05) is 0 Å². The van der Waals surface area contributed by atoms with Crippen LogP contribution in [-0.4, -0.2) is 22.3 Å². The second kappa shape index (κ2) is 3.22. The highest BCUT2D eigenvalue weighted by atomic mass is 16.5. The van der Waals surface area contributed by atoms with Crippen molar-refractivity contribution in [3.05, 3.63) is 24.7 Å². The van der Waals surface area contributed by atoms with Crippen LogP contribution >= 0.6 is 0 Å². The summed E-state index contributed by atoms with van der Waals surface area (Å²) in [5, 5.41) is 7.30. The quantitative estimate of drug-likeness (QED) is 0.688. The highest BCUT2D eigenvalue weighted by Gasteiger charge is 2.10. The van der Waals surface area contributed by atoms with E-state index in [1.165, 1.54) is 6.39 Å². The molecule has 0 aliphatic heterocycles. The molecule has 0 fully saturated rings. The lowest BCUT2D eigenvalue weighted by Gasteiger charge is -2.01. The monoisotopic (exact) mass is 177 g/mol. The van der Waals surface area contributed by atoms with Crippen LogP contribution in [0, 0.1) is 0 Å². The molecule has 66 valence electrons. The number of rotatable bonds is 2. The predicted octanol–water partition coefficient (Wildman–Crippen LogP) is 1.14. The van der Waals surface area contributed by atoms with E-state index in [0.717, 1.165) is 0 Å². The van der Waals surface area contributed by atoms with Gasteiger partial charge in [0.05, 0.1) is 7.11 Å². The van der Waals surface area contributed by atoms with E-state index in [-0.39, 0.29) is 0 Å². The van der Waals surface area contributed by atoms with Gasteiger partial charge >= 0.3 is 0 Å². The molecule has 0 atom stereocenters. The third kappa shape index (κ3) is 1.35. The third-order valence-electron chi connectivity index (χ3n) is 1.55. The maximum Gasteiger partial charge on any atom is 0.269 e. The summed E-state index contributed by atoms with van der Waals surface area (Å²) in [5.41, 5.74) is 0.558. The van der Waals surface area contributed by atoms with Crippen LogP contribution in [0.15, 0.2) is 29.1 Å². The number of hydrogen-bond acceptors (Lipinski definition) is 5. The zero-order chi connectivity index (χ0) is 9.10. The van der Waals surface area contributed by atoms with Crippen molar-refractivity contribution < 1.29 is 9.15 Å². The van der Waals surface area contributed by atoms with Crippen LogP contribution < -0.4 is 4.74 Å². The first-order valence-corrected chi connectivity index (χ1v) is 3.67. The Hall–Kier alpha value is -1.91. The first-order valence-electron chi connectivity index (χ1n) is 3.67. The summed E-state index contributed by atoms with van der Waals surface area (Å²) in [5.74, 6) is 0.976. The Morgan fingerprint density at radius 1 is 1.46 bits per heavy atom. The largest absolute Gasteiger partial charge is 0.494 e. The summed E-state index contributed by atoms with van der Waals surface area (Å²) in [6, 6.07) is 3.56. The first-order chi connectivity index (χ1) is 6.42. The molecule has 0 unspecified atom stereocenters. The van der Waals surface area contributed by atoms with E-state index < -0.39 is 0 Å². The normalized spacial score (nSPS) is 9.92. The number of aromatic nitrogens is 3. The van der Waals surface area contributed by atoms with E-state index in [1.807, 2.05) is 0 Å². The van der Waals surface area contributed by atoms with Gasteiger partial charge in [0.1, 0.15) is 5.75 Å². The molecule has 2 heterocycles. The lowest BCUT2D eigenvalue weighted by atomic mass is 10.3. The number of pyridine rings is 1.